The van der Waals surface area contributed by atoms with Crippen molar-refractivity contribution in [3.05, 3.63) is 55.0 Å². The Bertz CT molecular complexity index is 1370. The summed E-state index contributed by atoms with van der Waals surface area (Å²) in [5.41, 5.74) is -1.69. The summed E-state index contributed by atoms with van der Waals surface area (Å²) in [7, 11) is 0. The van der Waals surface area contributed by atoms with Crippen molar-refractivity contribution in [2.75, 3.05) is 18.1 Å². The Labute approximate surface area is 255 Å². The highest BCUT2D eigenvalue weighted by molar-refractivity contribution is 8.13. The number of nitrogens with one attached hydrogen (secondary N) is 2. The molecule has 0 aromatic carbocycles. The Morgan fingerprint density at radius 3 is 2.72 bits per heavy atom. The molecule has 4 heterocycles. The standard InChI is InChI=1S/C30H40F3N7O2S/c1-7-25-35-20(3)34-17-9-10-21-13-15-28(4,5)40(21)26-22(27(41)38-43-25)11-12-23(36-26)39-18-14-24(37-39)42-19-16-29(6,8-2)30(31,32)33/h7,11-12,14,18,21,34H,1,3,8-10,13,15-17,19H2,2,4-6H3,(H,38,41)/b35-25+/t21-,29?/m1/s1. The van der Waals surface area contributed by atoms with Crippen molar-refractivity contribution in [1.82, 2.24) is 24.8 Å². The van der Waals surface area contributed by atoms with E-state index in [0.717, 1.165) is 37.6 Å². The normalized spacial score (nSPS) is 22.2. The minimum Gasteiger partial charge on any atom is -0.477 e. The van der Waals surface area contributed by atoms with Crippen molar-refractivity contribution in [3.63, 3.8) is 0 Å². The van der Waals surface area contributed by atoms with Gasteiger partial charge in [-0.25, -0.2) is 14.7 Å². The maximum absolute atomic E-state index is 13.5. The van der Waals surface area contributed by atoms with Crippen LogP contribution in [0.2, 0.25) is 0 Å². The summed E-state index contributed by atoms with van der Waals surface area (Å²) in [6.45, 7) is 15.3. The molecule has 0 aliphatic carbocycles. The zero-order chi connectivity index (χ0) is 31.4. The van der Waals surface area contributed by atoms with E-state index < -0.39 is 11.6 Å². The van der Waals surface area contributed by atoms with Gasteiger partial charge in [-0.15, -0.1) is 5.10 Å². The van der Waals surface area contributed by atoms with E-state index in [9.17, 15) is 18.0 Å². The van der Waals surface area contributed by atoms with Crippen molar-refractivity contribution in [1.29, 1.82) is 0 Å². The zero-order valence-corrected chi connectivity index (χ0v) is 25.9. The van der Waals surface area contributed by atoms with Crippen LogP contribution in [0.5, 0.6) is 5.88 Å². The molecule has 13 heteroatoms. The molecule has 2 aliphatic rings. The molecule has 2 aromatic heterocycles. The molecule has 2 aromatic rings. The first-order valence-electron chi connectivity index (χ1n) is 14.4. The highest BCUT2D eigenvalue weighted by atomic mass is 32.2. The van der Waals surface area contributed by atoms with Gasteiger partial charge in [-0.2, -0.15) is 13.2 Å². The van der Waals surface area contributed by atoms with Crippen molar-refractivity contribution < 1.29 is 22.7 Å². The lowest BCUT2D eigenvalue weighted by Gasteiger charge is -2.38. The predicted octanol–water partition coefficient (Wildman–Crippen LogP) is 6.58. The first-order chi connectivity index (χ1) is 20.3. The van der Waals surface area contributed by atoms with Crippen LogP contribution in [0.15, 0.2) is 54.4 Å². The van der Waals surface area contributed by atoms with E-state index in [1.807, 2.05) is 0 Å². The summed E-state index contributed by atoms with van der Waals surface area (Å²) in [6, 6.07) is 5.15. The van der Waals surface area contributed by atoms with Gasteiger partial charge in [0.15, 0.2) is 5.82 Å². The molecular formula is C30H40F3N7O2S. The number of rotatable bonds is 7. The summed E-state index contributed by atoms with van der Waals surface area (Å²) in [5.74, 6) is 1.36. The molecule has 2 aliphatic heterocycles. The van der Waals surface area contributed by atoms with E-state index in [1.165, 1.54) is 18.5 Å². The minimum absolute atomic E-state index is 0.0409. The number of hydrogen-bond donors (Lipinski definition) is 2. The third-order valence-corrected chi connectivity index (χ3v) is 9.07. The number of amides is 1. The first kappa shape index (κ1) is 32.4. The quantitative estimate of drug-likeness (QED) is 0.338. The monoisotopic (exact) mass is 619 g/mol. The van der Waals surface area contributed by atoms with Gasteiger partial charge in [-0.3, -0.25) is 9.52 Å². The predicted molar refractivity (Wildman–Crippen MR) is 165 cm³/mol. The molecule has 9 nitrogen and oxygen atoms in total. The largest absolute Gasteiger partial charge is 0.477 e. The SMILES string of the molecule is C=C/C1=N\C(=C)NCCC[C@@H]2CCC(C)(C)N2c2nc(-n3ccc(OCCC(C)(CC)C(F)(F)F)n3)ccc2C(=O)NS1. The number of nitrogens with zero attached hydrogens (tertiary/aromatic N) is 5. The molecule has 1 fully saturated rings. The molecule has 1 saturated heterocycles. The lowest BCUT2D eigenvalue weighted by Crippen LogP contribution is -2.45. The topological polar surface area (TPSA) is 96.7 Å². The number of hydrogen-bond acceptors (Lipinski definition) is 8. The van der Waals surface area contributed by atoms with Gasteiger partial charge in [0.05, 0.1) is 17.6 Å². The molecular weight excluding hydrogens is 579 g/mol. The molecule has 43 heavy (non-hydrogen) atoms. The van der Waals surface area contributed by atoms with Crippen LogP contribution >= 0.6 is 11.9 Å². The zero-order valence-electron chi connectivity index (χ0n) is 25.1. The summed E-state index contributed by atoms with van der Waals surface area (Å²) in [4.78, 5) is 25.1. The number of alkyl halides is 3. The first-order valence-corrected chi connectivity index (χ1v) is 15.3. The van der Waals surface area contributed by atoms with Gasteiger partial charge >= 0.3 is 6.18 Å². The van der Waals surface area contributed by atoms with Gasteiger partial charge in [0.1, 0.15) is 16.7 Å². The van der Waals surface area contributed by atoms with Crippen molar-refractivity contribution in [2.45, 2.75) is 84.0 Å². The van der Waals surface area contributed by atoms with E-state index in [-0.39, 0.29) is 42.8 Å². The van der Waals surface area contributed by atoms with E-state index >= 15 is 0 Å². The van der Waals surface area contributed by atoms with Crippen LogP contribution in [0.3, 0.4) is 0 Å². The fraction of sp³-hybridized carbons (Fsp3) is 0.533. The minimum atomic E-state index is -4.32. The summed E-state index contributed by atoms with van der Waals surface area (Å²) < 4.78 is 50.4. The Morgan fingerprint density at radius 2 is 2.02 bits per heavy atom. The van der Waals surface area contributed by atoms with Gasteiger partial charge in [0.2, 0.25) is 5.88 Å². The number of aliphatic imine (C=N–C) groups is 1. The van der Waals surface area contributed by atoms with Crippen molar-refractivity contribution >= 4 is 28.7 Å². The molecule has 234 valence electrons. The Kier molecular flexibility index (Phi) is 9.83. The second-order valence-corrected chi connectivity index (χ2v) is 12.6. The Balaban J connectivity index is 1.64. The number of pyridine rings is 1. The maximum atomic E-state index is 13.5. The van der Waals surface area contributed by atoms with Crippen LogP contribution in [0, 0.1) is 5.41 Å². The molecule has 1 unspecified atom stereocenters. The second-order valence-electron chi connectivity index (χ2n) is 11.7. The summed E-state index contributed by atoms with van der Waals surface area (Å²) >= 11 is 1.05. The van der Waals surface area contributed by atoms with Crippen LogP contribution in [0.1, 0.15) is 76.6 Å². The van der Waals surface area contributed by atoms with E-state index in [1.54, 1.807) is 30.5 Å². The molecule has 0 spiro atoms. The number of anilines is 1. The van der Waals surface area contributed by atoms with Gasteiger partial charge < -0.3 is 15.0 Å². The van der Waals surface area contributed by atoms with Crippen molar-refractivity contribution in [3.8, 4) is 11.7 Å². The second kappa shape index (κ2) is 13.0. The number of aromatic nitrogens is 3. The van der Waals surface area contributed by atoms with Crippen molar-refractivity contribution in [2.24, 2.45) is 10.4 Å². The smallest absolute Gasteiger partial charge is 0.394 e. The average Bonchev–Trinajstić information content (AvgIpc) is 3.55. The van der Waals surface area contributed by atoms with Gasteiger partial charge in [-0.05, 0) is 70.6 Å². The molecule has 2 N–H and O–H groups in total. The number of carbonyl (C=O) groups is 1. The number of fused-ring (bicyclic) bond motifs is 3. The van der Waals surface area contributed by atoms with E-state index in [2.05, 4.69) is 52.0 Å². The Hall–Kier alpha value is -3.48. The van der Waals surface area contributed by atoms with Crippen LogP contribution in [0.4, 0.5) is 19.0 Å². The molecule has 0 saturated carbocycles. The van der Waals surface area contributed by atoms with Gasteiger partial charge in [0.25, 0.3) is 5.91 Å². The van der Waals surface area contributed by atoms with Crippen LogP contribution in [-0.2, 0) is 0 Å². The van der Waals surface area contributed by atoms with Gasteiger partial charge in [-0.1, -0.05) is 27.0 Å². The highest BCUT2D eigenvalue weighted by Gasteiger charge is 2.49. The third kappa shape index (κ3) is 7.36. The maximum Gasteiger partial charge on any atom is 0.394 e. The lowest BCUT2D eigenvalue weighted by atomic mass is 9.83. The fourth-order valence-electron chi connectivity index (χ4n) is 5.34. The molecule has 0 radical (unpaired) electrons. The third-order valence-electron chi connectivity index (χ3n) is 8.32. The summed E-state index contributed by atoms with van der Waals surface area (Å²) in [6.07, 6.45) is 2.27. The number of ether oxygens (including phenoxy) is 1. The van der Waals surface area contributed by atoms with E-state index in [4.69, 9.17) is 9.72 Å². The number of halogens is 3. The van der Waals surface area contributed by atoms with Crippen LogP contribution in [-0.4, -0.2) is 56.6 Å². The van der Waals surface area contributed by atoms with E-state index in [0.29, 0.717) is 34.6 Å². The molecule has 2 atom stereocenters. The lowest BCUT2D eigenvalue weighted by molar-refractivity contribution is -0.223. The molecule has 0 bridgehead atoms. The van der Waals surface area contributed by atoms with Gasteiger partial charge in [0, 0.05) is 42.3 Å². The van der Waals surface area contributed by atoms with Crippen LogP contribution < -0.4 is 19.7 Å². The average molecular weight is 620 g/mol. The molecule has 4 rings (SSSR count). The fourth-order valence-corrected chi connectivity index (χ4v) is 5.89. The highest BCUT2D eigenvalue weighted by Crippen LogP contribution is 2.43. The number of carbonyl (C=O) groups excluding carboxylic acids is 1. The summed E-state index contributed by atoms with van der Waals surface area (Å²) in [5, 5.41) is 8.14. The van der Waals surface area contributed by atoms with Crippen LogP contribution in [0.25, 0.3) is 5.82 Å². The Morgan fingerprint density at radius 1 is 1.26 bits per heavy atom. The molecule has 1 amide bonds.